The lowest BCUT2D eigenvalue weighted by Crippen LogP contribution is -2.37. The molecule has 2 amide bonds. The second kappa shape index (κ2) is 14.8. The Labute approximate surface area is 300 Å². The molecule has 2 aliphatic heterocycles. The maximum Gasteiger partial charge on any atom is 0.320 e. The number of carbonyl (C=O) groups excluding carboxylic acids is 1. The first-order valence-electron chi connectivity index (χ1n) is 18.1. The van der Waals surface area contributed by atoms with Gasteiger partial charge in [-0.1, -0.05) is 51.1 Å². The number of amides is 2. The zero-order valence-electron chi connectivity index (χ0n) is 30.4. The van der Waals surface area contributed by atoms with E-state index in [-0.39, 0.29) is 23.6 Å². The number of carbonyl (C=O) groups is 1. The fourth-order valence-corrected chi connectivity index (χ4v) is 6.87. The van der Waals surface area contributed by atoms with E-state index < -0.39 is 0 Å². The molecule has 2 N–H and O–H groups in total. The summed E-state index contributed by atoms with van der Waals surface area (Å²) < 4.78 is 9.90. The van der Waals surface area contributed by atoms with Crippen molar-refractivity contribution in [3.05, 3.63) is 83.4 Å². The van der Waals surface area contributed by atoms with E-state index in [1.807, 2.05) is 73.9 Å². The Morgan fingerprint density at radius 1 is 0.980 bits per heavy atom. The summed E-state index contributed by atoms with van der Waals surface area (Å²) in [7, 11) is 4.04. The molecular formula is C38H50N10O3. The SMILES string of the molecule is CN(C)CCOc1cccc(-n2nc(C(C)(C)C)cc2NC(=O)N[C@H]2CC[C@@H](ON3C=Cc4nnc(N5CCCCC5)n4C3)c3ccccc32)c1. The van der Waals surface area contributed by atoms with Gasteiger partial charge in [0.05, 0.1) is 17.4 Å². The summed E-state index contributed by atoms with van der Waals surface area (Å²) >= 11 is 0. The minimum atomic E-state index is -0.293. The van der Waals surface area contributed by atoms with Crippen LogP contribution in [0.15, 0.2) is 60.8 Å². The molecule has 3 aliphatic rings. The van der Waals surface area contributed by atoms with Crippen molar-refractivity contribution in [2.45, 2.75) is 77.1 Å². The van der Waals surface area contributed by atoms with Gasteiger partial charge in [0.15, 0.2) is 5.82 Å². The Kier molecular flexibility index (Phi) is 10.0. The molecule has 0 spiro atoms. The number of hydrogen-bond donors (Lipinski definition) is 2. The predicted octanol–water partition coefficient (Wildman–Crippen LogP) is 6.27. The number of aromatic nitrogens is 5. The zero-order valence-corrected chi connectivity index (χ0v) is 30.4. The molecular weight excluding hydrogens is 644 g/mol. The molecule has 13 heteroatoms. The van der Waals surface area contributed by atoms with Gasteiger partial charge in [-0.3, -0.25) is 14.7 Å². The summed E-state index contributed by atoms with van der Waals surface area (Å²) in [5, 5.41) is 22.1. The van der Waals surface area contributed by atoms with Crippen molar-refractivity contribution in [1.82, 2.24) is 39.8 Å². The minimum Gasteiger partial charge on any atom is -0.492 e. The first-order valence-corrected chi connectivity index (χ1v) is 18.1. The Morgan fingerprint density at radius 3 is 2.57 bits per heavy atom. The average molecular weight is 695 g/mol. The quantitative estimate of drug-likeness (QED) is 0.198. The molecule has 0 bridgehead atoms. The van der Waals surface area contributed by atoms with E-state index in [0.717, 1.165) is 72.5 Å². The predicted molar refractivity (Wildman–Crippen MR) is 198 cm³/mol. The number of likely N-dealkylation sites (N-methyl/N-ethyl adjacent to an activating group) is 1. The molecule has 0 unspecified atom stereocenters. The van der Waals surface area contributed by atoms with Crippen molar-refractivity contribution < 1.29 is 14.4 Å². The number of rotatable bonds is 10. The van der Waals surface area contributed by atoms with E-state index >= 15 is 0 Å². The first kappa shape index (κ1) is 34.6. The molecule has 2 atom stereocenters. The van der Waals surface area contributed by atoms with Gasteiger partial charge in [0, 0.05) is 49.5 Å². The van der Waals surface area contributed by atoms with Gasteiger partial charge in [0.25, 0.3) is 0 Å². The van der Waals surface area contributed by atoms with Gasteiger partial charge >= 0.3 is 6.03 Å². The highest BCUT2D eigenvalue weighted by Gasteiger charge is 2.32. The largest absolute Gasteiger partial charge is 0.492 e. The van der Waals surface area contributed by atoms with Gasteiger partial charge in [-0.15, -0.1) is 10.2 Å². The highest BCUT2D eigenvalue weighted by atomic mass is 16.7. The van der Waals surface area contributed by atoms with Crippen LogP contribution in [0.5, 0.6) is 5.75 Å². The molecule has 270 valence electrons. The molecule has 1 saturated heterocycles. The van der Waals surface area contributed by atoms with Crippen LogP contribution in [0.3, 0.4) is 0 Å². The third kappa shape index (κ3) is 7.89. The molecule has 4 aromatic rings. The number of hydroxylamine groups is 2. The molecule has 1 fully saturated rings. The number of piperidine rings is 1. The Morgan fingerprint density at radius 2 is 1.78 bits per heavy atom. The van der Waals surface area contributed by atoms with Crippen LogP contribution in [0.1, 0.15) is 87.7 Å². The van der Waals surface area contributed by atoms with Crippen molar-refractivity contribution in [3.8, 4) is 11.4 Å². The molecule has 0 saturated carbocycles. The van der Waals surface area contributed by atoms with E-state index in [4.69, 9.17) is 14.7 Å². The van der Waals surface area contributed by atoms with Crippen LogP contribution in [0, 0.1) is 0 Å². The summed E-state index contributed by atoms with van der Waals surface area (Å²) in [4.78, 5) is 24.7. The van der Waals surface area contributed by atoms with Gasteiger partial charge in [0.1, 0.15) is 30.9 Å². The van der Waals surface area contributed by atoms with Crippen LogP contribution in [-0.2, 0) is 16.9 Å². The Bertz CT molecular complexity index is 1850. The van der Waals surface area contributed by atoms with E-state index in [1.165, 1.54) is 19.3 Å². The summed E-state index contributed by atoms with van der Waals surface area (Å²) in [6.45, 7) is 10.2. The number of anilines is 2. The number of benzene rings is 2. The fourth-order valence-electron chi connectivity index (χ4n) is 6.87. The summed E-state index contributed by atoms with van der Waals surface area (Å²) in [6.07, 6.45) is 8.81. The summed E-state index contributed by atoms with van der Waals surface area (Å²) in [5.74, 6) is 3.07. The minimum absolute atomic E-state index is 0.161. The number of urea groups is 1. The molecule has 51 heavy (non-hydrogen) atoms. The van der Waals surface area contributed by atoms with Crippen molar-refractivity contribution in [1.29, 1.82) is 0 Å². The highest BCUT2D eigenvalue weighted by Crippen LogP contribution is 2.39. The van der Waals surface area contributed by atoms with E-state index in [2.05, 4.69) is 68.1 Å². The third-order valence-electron chi connectivity index (χ3n) is 9.66. The van der Waals surface area contributed by atoms with E-state index in [9.17, 15) is 4.79 Å². The van der Waals surface area contributed by atoms with Crippen LogP contribution in [0.2, 0.25) is 0 Å². The van der Waals surface area contributed by atoms with Gasteiger partial charge < -0.3 is 19.9 Å². The Balaban J connectivity index is 1.04. The second-order valence-electron chi connectivity index (χ2n) is 14.9. The van der Waals surface area contributed by atoms with Crippen LogP contribution in [0.4, 0.5) is 16.6 Å². The third-order valence-corrected chi connectivity index (χ3v) is 9.66. The second-order valence-corrected chi connectivity index (χ2v) is 14.9. The van der Waals surface area contributed by atoms with Crippen molar-refractivity contribution >= 4 is 23.9 Å². The molecule has 1 aliphatic carbocycles. The molecule has 0 radical (unpaired) electrons. The lowest BCUT2D eigenvalue weighted by atomic mass is 9.86. The normalized spacial score (nSPS) is 18.8. The molecule has 2 aromatic carbocycles. The van der Waals surface area contributed by atoms with Crippen LogP contribution >= 0.6 is 0 Å². The monoisotopic (exact) mass is 694 g/mol. The Hall–Kier alpha value is -4.88. The van der Waals surface area contributed by atoms with Gasteiger partial charge in [0.2, 0.25) is 5.95 Å². The lowest BCUT2D eigenvalue weighted by Gasteiger charge is -2.36. The van der Waals surface area contributed by atoms with E-state index in [0.29, 0.717) is 19.1 Å². The standard InChI is InChI=1S/C38H50N10O3/c1-38(2,3)33-25-35(48(43-33)27-12-11-13-28(24-27)50-23-22-44(4)5)40-36(49)39-31-16-17-32(30-15-8-7-14-29(30)31)51-46-21-18-34-41-42-37(47(34)26-46)45-19-9-6-10-20-45/h7-8,11-15,18,21,24-25,31-32H,6,9-10,16-17,19-20,22-23,26H2,1-5H3,(H2,39,40,49)/t31-,32+/m0/s1. The molecule has 2 aromatic heterocycles. The van der Waals surface area contributed by atoms with Gasteiger partial charge in [-0.2, -0.15) is 5.10 Å². The van der Waals surface area contributed by atoms with Crippen LogP contribution in [0.25, 0.3) is 11.8 Å². The van der Waals surface area contributed by atoms with Gasteiger partial charge in [-0.25, -0.2) is 14.5 Å². The topological polar surface area (TPSA) is 118 Å². The molecule has 4 heterocycles. The first-order chi connectivity index (χ1) is 24.6. The number of hydrogen-bond acceptors (Lipinski definition) is 9. The molecule has 7 rings (SSSR count). The number of ether oxygens (including phenoxy) is 1. The molecule has 13 nitrogen and oxygen atoms in total. The van der Waals surface area contributed by atoms with Crippen LogP contribution < -0.4 is 20.3 Å². The average Bonchev–Trinajstić information content (AvgIpc) is 3.74. The number of fused-ring (bicyclic) bond motifs is 2. The van der Waals surface area contributed by atoms with E-state index in [1.54, 1.807) is 4.68 Å². The fraction of sp³-hybridized carbons (Fsp3) is 0.474. The maximum atomic E-state index is 13.7. The highest BCUT2D eigenvalue weighted by molar-refractivity contribution is 5.89. The number of nitrogens with one attached hydrogen (secondary N) is 2. The number of nitrogens with zero attached hydrogens (tertiary/aromatic N) is 8. The van der Waals surface area contributed by atoms with Crippen molar-refractivity contribution in [3.63, 3.8) is 0 Å². The zero-order chi connectivity index (χ0) is 35.5. The summed E-state index contributed by atoms with van der Waals surface area (Å²) in [6, 6.07) is 17.5. The van der Waals surface area contributed by atoms with Gasteiger partial charge in [-0.05, 0) is 69.5 Å². The van der Waals surface area contributed by atoms with Crippen molar-refractivity contribution in [2.24, 2.45) is 0 Å². The lowest BCUT2D eigenvalue weighted by molar-refractivity contribution is -0.190. The summed E-state index contributed by atoms with van der Waals surface area (Å²) in [5.41, 5.74) is 3.58. The maximum absolute atomic E-state index is 13.7. The van der Waals surface area contributed by atoms with Crippen molar-refractivity contribution in [2.75, 3.05) is 50.6 Å². The smallest absolute Gasteiger partial charge is 0.320 e. The van der Waals surface area contributed by atoms with Crippen LogP contribution in [-0.4, -0.2) is 80.9 Å².